The number of aryl methyl sites for hydroxylation is 1. The number of aliphatic hydroxyl groups excluding tert-OH is 1. The second-order valence-electron chi connectivity index (χ2n) is 4.96. The van der Waals surface area contributed by atoms with Gasteiger partial charge in [0.15, 0.2) is 0 Å². The number of aromatic carboxylic acids is 1. The Morgan fingerprint density at radius 3 is 2.65 bits per heavy atom. The van der Waals surface area contributed by atoms with Gasteiger partial charge >= 0.3 is 5.97 Å². The lowest BCUT2D eigenvalue weighted by Crippen LogP contribution is -2.45. The zero-order valence-electron chi connectivity index (χ0n) is 11.0. The summed E-state index contributed by atoms with van der Waals surface area (Å²) in [6.45, 7) is 1.56. The third kappa shape index (κ3) is 3.03. The van der Waals surface area contributed by atoms with Crippen molar-refractivity contribution < 1.29 is 23.4 Å². The van der Waals surface area contributed by atoms with E-state index in [9.17, 15) is 18.3 Å². The van der Waals surface area contributed by atoms with Crippen LogP contribution < -0.4 is 4.72 Å². The maximum Gasteiger partial charge on any atom is 0.347 e. The summed E-state index contributed by atoms with van der Waals surface area (Å²) in [6, 6.07) is -0.547. The summed E-state index contributed by atoms with van der Waals surface area (Å²) in [7, 11) is -3.94. The van der Waals surface area contributed by atoms with Gasteiger partial charge in [0.05, 0.1) is 6.10 Å². The van der Waals surface area contributed by atoms with Crippen LogP contribution in [-0.4, -0.2) is 36.7 Å². The Balaban J connectivity index is 2.31. The van der Waals surface area contributed by atoms with E-state index in [2.05, 4.69) is 4.72 Å². The summed E-state index contributed by atoms with van der Waals surface area (Å²) < 4.78 is 27.2. The van der Waals surface area contributed by atoms with E-state index < -0.39 is 28.1 Å². The van der Waals surface area contributed by atoms with Crippen LogP contribution in [0.5, 0.6) is 0 Å². The van der Waals surface area contributed by atoms with Gasteiger partial charge in [0.2, 0.25) is 10.0 Å². The van der Waals surface area contributed by atoms with Crippen LogP contribution in [-0.2, 0) is 10.0 Å². The molecule has 20 heavy (non-hydrogen) atoms. The van der Waals surface area contributed by atoms with Crippen LogP contribution in [0, 0.1) is 6.92 Å². The molecule has 0 spiro atoms. The highest BCUT2D eigenvalue weighted by Crippen LogP contribution is 2.28. The molecule has 1 aromatic heterocycles. The van der Waals surface area contributed by atoms with Crippen LogP contribution in [0.4, 0.5) is 0 Å². The monoisotopic (exact) mass is 319 g/mol. The lowest BCUT2D eigenvalue weighted by atomic mass is 9.93. The predicted octanol–water partition coefficient (Wildman–Crippen LogP) is 1.34. The van der Waals surface area contributed by atoms with Crippen LogP contribution in [0.15, 0.2) is 10.3 Å². The maximum atomic E-state index is 12.4. The van der Waals surface area contributed by atoms with Crippen molar-refractivity contribution in [3.05, 3.63) is 15.8 Å². The highest BCUT2D eigenvalue weighted by Gasteiger charge is 2.32. The fraction of sp³-hybridized carbons (Fsp3) is 0.583. The van der Waals surface area contributed by atoms with Crippen molar-refractivity contribution in [1.82, 2.24) is 4.72 Å². The van der Waals surface area contributed by atoms with Gasteiger partial charge in [-0.3, -0.25) is 0 Å². The second kappa shape index (κ2) is 5.80. The van der Waals surface area contributed by atoms with Crippen LogP contribution in [0.3, 0.4) is 0 Å². The summed E-state index contributed by atoms with van der Waals surface area (Å²) in [5, 5.41) is 20.4. The van der Waals surface area contributed by atoms with E-state index >= 15 is 0 Å². The molecular formula is C12H17NO5S2. The topological polar surface area (TPSA) is 104 Å². The van der Waals surface area contributed by atoms with Gasteiger partial charge < -0.3 is 10.2 Å². The van der Waals surface area contributed by atoms with Crippen molar-refractivity contribution in [3.8, 4) is 0 Å². The molecule has 1 aliphatic rings. The van der Waals surface area contributed by atoms with E-state index in [1.807, 2.05) is 0 Å². The smallest absolute Gasteiger partial charge is 0.347 e. The first-order chi connectivity index (χ1) is 9.33. The average molecular weight is 319 g/mol. The molecule has 0 amide bonds. The number of rotatable bonds is 4. The minimum Gasteiger partial charge on any atom is -0.477 e. The lowest BCUT2D eigenvalue weighted by Gasteiger charge is -2.28. The summed E-state index contributed by atoms with van der Waals surface area (Å²) in [5.41, 5.74) is 0.408. The highest BCUT2D eigenvalue weighted by atomic mass is 32.2. The molecule has 0 saturated heterocycles. The molecule has 2 atom stereocenters. The third-order valence-electron chi connectivity index (χ3n) is 3.42. The highest BCUT2D eigenvalue weighted by molar-refractivity contribution is 7.89. The normalized spacial score (nSPS) is 23.7. The molecular weight excluding hydrogens is 302 g/mol. The largest absolute Gasteiger partial charge is 0.477 e. The molecule has 112 valence electrons. The van der Waals surface area contributed by atoms with E-state index in [1.54, 1.807) is 6.92 Å². The Hall–Kier alpha value is -0.960. The first kappa shape index (κ1) is 15.4. The zero-order valence-corrected chi connectivity index (χ0v) is 12.6. The average Bonchev–Trinajstić information content (AvgIpc) is 2.75. The second-order valence-corrected chi connectivity index (χ2v) is 7.49. The fourth-order valence-electron chi connectivity index (χ4n) is 2.42. The Morgan fingerprint density at radius 1 is 1.40 bits per heavy atom. The van der Waals surface area contributed by atoms with Gasteiger partial charge in [-0.05, 0) is 30.7 Å². The molecule has 1 heterocycles. The number of hydrogen-bond acceptors (Lipinski definition) is 5. The van der Waals surface area contributed by atoms with E-state index in [1.165, 1.54) is 5.38 Å². The first-order valence-electron chi connectivity index (χ1n) is 6.34. The molecule has 0 aliphatic heterocycles. The number of carboxylic acids is 1. The van der Waals surface area contributed by atoms with Crippen LogP contribution in [0.25, 0.3) is 0 Å². The molecule has 3 N–H and O–H groups in total. The van der Waals surface area contributed by atoms with Crippen LogP contribution in [0.1, 0.15) is 40.9 Å². The zero-order chi connectivity index (χ0) is 14.9. The van der Waals surface area contributed by atoms with Gasteiger partial charge in [0.25, 0.3) is 0 Å². The number of nitrogens with one attached hydrogen (secondary N) is 1. The summed E-state index contributed by atoms with van der Waals surface area (Å²) in [4.78, 5) is 10.7. The molecule has 0 aromatic carbocycles. The standard InChI is InChI=1S/C12H17NO5S2/c1-7-6-19-10(12(15)16)11(7)20(17,18)13-8-4-2-3-5-9(8)14/h6,8-9,13-14H,2-5H2,1H3,(H,15,16). The first-order valence-corrected chi connectivity index (χ1v) is 8.71. The SMILES string of the molecule is Cc1csc(C(=O)O)c1S(=O)(=O)NC1CCCCC1O. The third-order valence-corrected chi connectivity index (χ3v) is 6.31. The van der Waals surface area contributed by atoms with Crippen molar-refractivity contribution in [2.45, 2.75) is 49.6 Å². The number of carbonyl (C=O) groups is 1. The minimum atomic E-state index is -3.94. The Labute approximate surface area is 121 Å². The molecule has 1 aromatic rings. The number of hydrogen-bond donors (Lipinski definition) is 3. The molecule has 2 unspecified atom stereocenters. The molecule has 8 heteroatoms. The van der Waals surface area contributed by atoms with Gasteiger partial charge in [-0.25, -0.2) is 17.9 Å². The summed E-state index contributed by atoms with van der Waals surface area (Å²) in [5.74, 6) is -1.26. The van der Waals surface area contributed by atoms with E-state index in [-0.39, 0.29) is 9.77 Å². The Kier molecular flexibility index (Phi) is 4.48. The van der Waals surface area contributed by atoms with E-state index in [4.69, 9.17) is 5.11 Å². The lowest BCUT2D eigenvalue weighted by molar-refractivity contribution is 0.0698. The van der Waals surface area contributed by atoms with Gasteiger partial charge in [0.1, 0.15) is 9.77 Å². The molecule has 6 nitrogen and oxygen atoms in total. The molecule has 0 radical (unpaired) electrons. The Bertz CT molecular complexity index is 607. The number of thiophene rings is 1. The van der Waals surface area contributed by atoms with Gasteiger partial charge in [-0.15, -0.1) is 11.3 Å². The van der Waals surface area contributed by atoms with Gasteiger partial charge in [0, 0.05) is 6.04 Å². The quantitative estimate of drug-likeness (QED) is 0.777. The fourth-order valence-corrected chi connectivity index (χ4v) is 5.36. The number of carboxylic acid groups (broad SMARTS) is 1. The van der Waals surface area contributed by atoms with Crippen molar-refractivity contribution in [2.75, 3.05) is 0 Å². The molecule has 1 fully saturated rings. The molecule has 0 bridgehead atoms. The van der Waals surface area contributed by atoms with Crippen molar-refractivity contribution in [1.29, 1.82) is 0 Å². The van der Waals surface area contributed by atoms with Crippen LogP contribution in [0.2, 0.25) is 0 Å². The molecule has 1 saturated carbocycles. The number of aliphatic hydroxyl groups is 1. The predicted molar refractivity (Wildman–Crippen MR) is 74.6 cm³/mol. The van der Waals surface area contributed by atoms with Crippen molar-refractivity contribution >= 4 is 27.3 Å². The maximum absolute atomic E-state index is 12.4. The van der Waals surface area contributed by atoms with Crippen molar-refractivity contribution in [3.63, 3.8) is 0 Å². The van der Waals surface area contributed by atoms with Gasteiger partial charge in [-0.2, -0.15) is 0 Å². The number of sulfonamides is 1. The van der Waals surface area contributed by atoms with Crippen LogP contribution >= 0.6 is 11.3 Å². The molecule has 1 aliphatic carbocycles. The van der Waals surface area contributed by atoms with E-state index in [0.717, 1.165) is 24.2 Å². The van der Waals surface area contributed by atoms with Crippen molar-refractivity contribution in [2.24, 2.45) is 0 Å². The molecule has 2 rings (SSSR count). The summed E-state index contributed by atoms with van der Waals surface area (Å²) in [6.07, 6.45) is 2.12. The summed E-state index contributed by atoms with van der Waals surface area (Å²) >= 11 is 0.893. The Morgan fingerprint density at radius 2 is 2.05 bits per heavy atom. The minimum absolute atomic E-state index is 0.187. The van der Waals surface area contributed by atoms with E-state index in [0.29, 0.717) is 18.4 Å². The van der Waals surface area contributed by atoms with Gasteiger partial charge in [-0.1, -0.05) is 12.8 Å².